The summed E-state index contributed by atoms with van der Waals surface area (Å²) in [5.74, 6) is 0.590. The smallest absolute Gasteiger partial charge is 0.295 e. The summed E-state index contributed by atoms with van der Waals surface area (Å²) in [6, 6.07) is 3.53. The van der Waals surface area contributed by atoms with Crippen molar-refractivity contribution in [3.8, 4) is 0 Å². The van der Waals surface area contributed by atoms with Crippen molar-refractivity contribution in [2.75, 3.05) is 5.32 Å². The highest BCUT2D eigenvalue weighted by atomic mass is 79.9. The summed E-state index contributed by atoms with van der Waals surface area (Å²) < 4.78 is 0.757. The van der Waals surface area contributed by atoms with Crippen LogP contribution in [0.1, 0.15) is 41.8 Å². The molecule has 1 aromatic heterocycles. The molecule has 7 heteroatoms. The van der Waals surface area contributed by atoms with Gasteiger partial charge in [0.2, 0.25) is 5.82 Å². The second kappa shape index (κ2) is 5.93. The molecule has 0 aliphatic heterocycles. The highest BCUT2D eigenvalue weighted by Gasteiger charge is 2.15. The van der Waals surface area contributed by atoms with Gasteiger partial charge in [0.15, 0.2) is 0 Å². The van der Waals surface area contributed by atoms with Crippen LogP contribution in [0.25, 0.3) is 0 Å². The molecule has 1 amide bonds. The summed E-state index contributed by atoms with van der Waals surface area (Å²) in [4.78, 5) is 16.2. The fourth-order valence-electron chi connectivity index (χ4n) is 1.55. The summed E-state index contributed by atoms with van der Waals surface area (Å²) in [6.07, 6.45) is 0. The second-order valence-corrected chi connectivity index (χ2v) is 6.00. The molecule has 0 radical (unpaired) electrons. The molecule has 0 aliphatic carbocycles. The number of nitrogens with one attached hydrogen (secondary N) is 2. The van der Waals surface area contributed by atoms with E-state index < -0.39 is 0 Å². The Bertz CT molecular complexity index is 654. The minimum absolute atomic E-state index is 0.109. The maximum Gasteiger partial charge on any atom is 0.295 e. The molecule has 0 saturated carbocycles. The predicted molar refractivity (Wildman–Crippen MR) is 82.3 cm³/mol. The highest BCUT2D eigenvalue weighted by molar-refractivity contribution is 9.10. The van der Waals surface area contributed by atoms with Gasteiger partial charge in [-0.2, -0.15) is 0 Å². The van der Waals surface area contributed by atoms with Gasteiger partial charge in [0.05, 0.1) is 5.69 Å². The maximum absolute atomic E-state index is 12.1. The van der Waals surface area contributed by atoms with E-state index in [1.807, 2.05) is 26.8 Å². The molecule has 0 unspecified atom stereocenters. The Morgan fingerprint density at radius 3 is 2.75 bits per heavy atom. The number of anilines is 1. The lowest BCUT2D eigenvalue weighted by atomic mass is 10.2. The van der Waals surface area contributed by atoms with Gasteiger partial charge in [0, 0.05) is 15.4 Å². The van der Waals surface area contributed by atoms with Gasteiger partial charge in [-0.3, -0.25) is 9.89 Å². The molecule has 1 heterocycles. The molecular weight excluding hydrogens is 344 g/mol. The summed E-state index contributed by atoms with van der Waals surface area (Å²) in [5, 5.41) is 9.97. The van der Waals surface area contributed by atoms with Gasteiger partial charge in [0.1, 0.15) is 5.82 Å². The third-order valence-electron chi connectivity index (χ3n) is 2.75. The zero-order valence-electron chi connectivity index (χ0n) is 11.3. The van der Waals surface area contributed by atoms with E-state index in [1.165, 1.54) is 0 Å². The van der Waals surface area contributed by atoms with Crippen molar-refractivity contribution in [2.45, 2.75) is 26.7 Å². The number of aromatic amines is 1. The third-order valence-corrected chi connectivity index (χ3v) is 3.81. The second-order valence-electron chi connectivity index (χ2n) is 4.73. The molecule has 2 N–H and O–H groups in total. The Balaban J connectivity index is 2.21. The Hall–Kier alpha value is -1.40. The van der Waals surface area contributed by atoms with Gasteiger partial charge in [-0.05, 0) is 40.5 Å². The largest absolute Gasteiger partial charge is 0.318 e. The molecule has 2 rings (SSSR count). The third kappa shape index (κ3) is 3.19. The molecule has 0 fully saturated rings. The average Bonchev–Trinajstić information content (AvgIpc) is 2.85. The lowest BCUT2D eigenvalue weighted by Gasteiger charge is -2.08. The SMILES string of the molecule is Cc1cc(Br)c(NC(=O)c2n[nH]c(C(C)C)n2)cc1Cl. The summed E-state index contributed by atoms with van der Waals surface area (Å²) in [5.41, 5.74) is 1.51. The molecule has 0 spiro atoms. The van der Waals surface area contributed by atoms with Crippen molar-refractivity contribution < 1.29 is 4.79 Å². The van der Waals surface area contributed by atoms with Crippen LogP contribution >= 0.6 is 27.5 Å². The number of rotatable bonds is 3. The van der Waals surface area contributed by atoms with Crippen LogP contribution in [-0.4, -0.2) is 21.1 Å². The number of nitrogens with zero attached hydrogens (tertiary/aromatic N) is 2. The number of carbonyl (C=O) groups is 1. The lowest BCUT2D eigenvalue weighted by molar-refractivity contribution is 0.101. The number of amides is 1. The first-order valence-electron chi connectivity index (χ1n) is 6.07. The minimum atomic E-state index is -0.381. The molecule has 0 atom stereocenters. The Kier molecular flexibility index (Phi) is 4.45. The zero-order chi connectivity index (χ0) is 14.9. The zero-order valence-corrected chi connectivity index (χ0v) is 13.6. The molecule has 0 saturated heterocycles. The van der Waals surface area contributed by atoms with Gasteiger partial charge < -0.3 is 5.32 Å². The van der Waals surface area contributed by atoms with Crippen molar-refractivity contribution in [3.63, 3.8) is 0 Å². The normalized spacial score (nSPS) is 10.9. The van der Waals surface area contributed by atoms with Gasteiger partial charge in [-0.15, -0.1) is 5.10 Å². The molecule has 106 valence electrons. The monoisotopic (exact) mass is 356 g/mol. The van der Waals surface area contributed by atoms with E-state index in [4.69, 9.17) is 11.6 Å². The van der Waals surface area contributed by atoms with E-state index in [2.05, 4.69) is 36.4 Å². The standard InChI is InChI=1S/C13H14BrClN4O/c1-6(2)11-17-12(19-18-11)13(20)16-10-5-9(15)7(3)4-8(10)14/h4-6H,1-3H3,(H,16,20)(H,17,18,19). The first-order valence-corrected chi connectivity index (χ1v) is 7.25. The summed E-state index contributed by atoms with van der Waals surface area (Å²) in [7, 11) is 0. The van der Waals surface area contributed by atoms with Crippen molar-refractivity contribution in [1.82, 2.24) is 15.2 Å². The number of aromatic nitrogens is 3. The number of hydrogen-bond donors (Lipinski definition) is 2. The highest BCUT2D eigenvalue weighted by Crippen LogP contribution is 2.29. The maximum atomic E-state index is 12.1. The fraction of sp³-hybridized carbons (Fsp3) is 0.308. The molecular formula is C13H14BrClN4O. The van der Waals surface area contributed by atoms with E-state index in [0.717, 1.165) is 10.0 Å². The van der Waals surface area contributed by atoms with Crippen molar-refractivity contribution >= 4 is 39.1 Å². The van der Waals surface area contributed by atoms with Gasteiger partial charge in [-0.1, -0.05) is 25.4 Å². The van der Waals surface area contributed by atoms with E-state index in [9.17, 15) is 4.79 Å². The van der Waals surface area contributed by atoms with Crippen molar-refractivity contribution in [1.29, 1.82) is 0 Å². The van der Waals surface area contributed by atoms with E-state index in [0.29, 0.717) is 16.5 Å². The Labute approximate surface area is 130 Å². The summed E-state index contributed by atoms with van der Waals surface area (Å²) in [6.45, 7) is 5.83. The van der Waals surface area contributed by atoms with Crippen LogP contribution in [0.2, 0.25) is 5.02 Å². The van der Waals surface area contributed by atoms with Crippen LogP contribution in [0.15, 0.2) is 16.6 Å². The Morgan fingerprint density at radius 1 is 1.45 bits per heavy atom. The van der Waals surface area contributed by atoms with Crippen LogP contribution in [0, 0.1) is 6.92 Å². The van der Waals surface area contributed by atoms with Crippen LogP contribution in [0.3, 0.4) is 0 Å². The average molecular weight is 358 g/mol. The number of H-pyrrole nitrogens is 1. The number of benzene rings is 1. The molecule has 5 nitrogen and oxygen atoms in total. The molecule has 1 aromatic carbocycles. The van der Waals surface area contributed by atoms with Crippen LogP contribution < -0.4 is 5.32 Å². The van der Waals surface area contributed by atoms with Gasteiger partial charge >= 0.3 is 0 Å². The van der Waals surface area contributed by atoms with Crippen molar-refractivity contribution in [2.24, 2.45) is 0 Å². The molecule has 0 bridgehead atoms. The van der Waals surface area contributed by atoms with Crippen LogP contribution in [0.4, 0.5) is 5.69 Å². The van der Waals surface area contributed by atoms with E-state index in [1.54, 1.807) is 6.07 Å². The minimum Gasteiger partial charge on any atom is -0.318 e. The summed E-state index contributed by atoms with van der Waals surface area (Å²) >= 11 is 9.44. The van der Waals surface area contributed by atoms with Gasteiger partial charge in [0.25, 0.3) is 5.91 Å². The number of halogens is 2. The van der Waals surface area contributed by atoms with Crippen LogP contribution in [0.5, 0.6) is 0 Å². The number of aryl methyl sites for hydroxylation is 1. The van der Waals surface area contributed by atoms with Crippen LogP contribution in [-0.2, 0) is 0 Å². The lowest BCUT2D eigenvalue weighted by Crippen LogP contribution is -2.14. The first kappa shape index (κ1) is 15.0. The molecule has 2 aromatic rings. The number of hydrogen-bond acceptors (Lipinski definition) is 3. The first-order chi connectivity index (χ1) is 9.38. The quantitative estimate of drug-likeness (QED) is 0.875. The fourth-order valence-corrected chi connectivity index (χ4v) is 2.27. The number of carbonyl (C=O) groups excluding carboxylic acids is 1. The Morgan fingerprint density at radius 2 is 2.15 bits per heavy atom. The molecule has 20 heavy (non-hydrogen) atoms. The topological polar surface area (TPSA) is 70.7 Å². The molecule has 0 aliphatic rings. The van der Waals surface area contributed by atoms with Gasteiger partial charge in [-0.25, -0.2) is 4.98 Å². The van der Waals surface area contributed by atoms with E-state index in [-0.39, 0.29) is 17.6 Å². The van der Waals surface area contributed by atoms with Crippen molar-refractivity contribution in [3.05, 3.63) is 38.8 Å². The predicted octanol–water partition coefficient (Wildman–Crippen LogP) is 3.90. The van der Waals surface area contributed by atoms with E-state index >= 15 is 0 Å².